The predicted molar refractivity (Wildman–Crippen MR) is 117 cm³/mol. The van der Waals surface area contributed by atoms with Crippen LogP contribution in [0.25, 0.3) is 0 Å². The fourth-order valence-corrected chi connectivity index (χ4v) is 14.7. The zero-order valence-corrected chi connectivity index (χ0v) is 19.6. The fraction of sp³-hybridized carbons (Fsp3) is 0.375. The van der Waals surface area contributed by atoms with E-state index < -0.39 is 18.8 Å². The molecule has 2 aromatic rings. The van der Waals surface area contributed by atoms with Crippen molar-refractivity contribution < 1.29 is 7.87 Å². The molecule has 0 bridgehead atoms. The molecule has 0 aliphatic carbocycles. The van der Waals surface area contributed by atoms with Crippen LogP contribution in [0.4, 0.5) is 0 Å². The molecule has 0 saturated heterocycles. The standard InChI is InChI=1S/C8H17.2C6H5.C4H6O2.Sn/c1-3-5-7-8-6-4-2;2*1-2-4-6-5-3-1;1-3(2)4(5)6;/h1,3-8H2,2H3;2*1-5H;1H2,2H3,(H,5,6);/q;;;;+1/p-1. The van der Waals surface area contributed by atoms with Crippen LogP contribution in [-0.2, 0) is 7.87 Å². The summed E-state index contributed by atoms with van der Waals surface area (Å²) in [6.07, 6.45) is 7.41. The Morgan fingerprint density at radius 3 is 1.81 bits per heavy atom. The second kappa shape index (κ2) is 11.3. The van der Waals surface area contributed by atoms with Gasteiger partial charge in [-0.3, -0.25) is 0 Å². The molecular weight excluding hydrogens is 439 g/mol. The Balaban J connectivity index is 2.34. The van der Waals surface area contributed by atoms with Gasteiger partial charge in [-0.1, -0.05) is 0 Å². The van der Waals surface area contributed by atoms with E-state index in [1.54, 1.807) is 6.92 Å². The van der Waals surface area contributed by atoms with Crippen molar-refractivity contribution >= 4 is 31.9 Å². The molecule has 3 heteroatoms. The zero-order valence-electron chi connectivity index (χ0n) is 16.7. The first-order valence-corrected chi connectivity index (χ1v) is 16.1. The Hall–Kier alpha value is -1.55. The second-order valence-corrected chi connectivity index (χ2v) is 17.3. The van der Waals surface area contributed by atoms with E-state index in [4.69, 9.17) is 3.07 Å². The molecule has 0 fully saturated rings. The number of benzene rings is 2. The van der Waals surface area contributed by atoms with Gasteiger partial charge in [0.1, 0.15) is 0 Å². The molecule has 144 valence electrons. The van der Waals surface area contributed by atoms with Crippen molar-refractivity contribution in [2.24, 2.45) is 0 Å². The number of rotatable bonds is 11. The van der Waals surface area contributed by atoms with Gasteiger partial charge in [0.05, 0.1) is 0 Å². The molecule has 0 unspecified atom stereocenters. The van der Waals surface area contributed by atoms with E-state index in [2.05, 4.69) is 62.0 Å². The third kappa shape index (κ3) is 6.24. The summed E-state index contributed by atoms with van der Waals surface area (Å²) < 4.78 is 9.80. The van der Waals surface area contributed by atoms with Gasteiger partial charge in [0.15, 0.2) is 0 Å². The van der Waals surface area contributed by atoms with Gasteiger partial charge in [0, 0.05) is 0 Å². The average Bonchev–Trinajstić information content (AvgIpc) is 2.70. The summed E-state index contributed by atoms with van der Waals surface area (Å²) in [5.74, 6) is -0.246. The molecule has 0 aromatic heterocycles. The van der Waals surface area contributed by atoms with E-state index in [0.717, 1.165) is 10.9 Å². The van der Waals surface area contributed by atoms with E-state index in [1.807, 2.05) is 12.1 Å². The van der Waals surface area contributed by atoms with Crippen LogP contribution in [0.5, 0.6) is 0 Å². The van der Waals surface area contributed by atoms with Gasteiger partial charge >= 0.3 is 169 Å². The van der Waals surface area contributed by atoms with Gasteiger partial charge < -0.3 is 0 Å². The molecule has 0 saturated carbocycles. The Morgan fingerprint density at radius 2 is 1.33 bits per heavy atom. The molecule has 2 rings (SSSR count). The number of hydrogen-bond acceptors (Lipinski definition) is 2. The Labute approximate surface area is 169 Å². The Bertz CT molecular complexity index is 670. The first kappa shape index (κ1) is 21.7. The van der Waals surface area contributed by atoms with Crippen LogP contribution in [0, 0.1) is 0 Å². The Morgan fingerprint density at radius 1 is 0.852 bits per heavy atom. The van der Waals surface area contributed by atoms with E-state index in [0.29, 0.717) is 5.57 Å². The third-order valence-corrected chi connectivity index (χ3v) is 16.7. The number of unbranched alkanes of at least 4 members (excludes halogenated alkanes) is 5. The number of carbonyl (C=O) groups excluding carboxylic acids is 1. The van der Waals surface area contributed by atoms with Crippen LogP contribution in [-0.4, -0.2) is 24.8 Å². The summed E-state index contributed by atoms with van der Waals surface area (Å²) in [7, 11) is 0. The molecule has 0 aliphatic heterocycles. The van der Waals surface area contributed by atoms with Crippen molar-refractivity contribution in [2.75, 3.05) is 0 Å². The summed E-state index contributed by atoms with van der Waals surface area (Å²) in [6.45, 7) is 7.79. The van der Waals surface area contributed by atoms with Crippen LogP contribution >= 0.6 is 0 Å². The van der Waals surface area contributed by atoms with Gasteiger partial charge in [-0.15, -0.1) is 0 Å². The first-order valence-electron chi connectivity index (χ1n) is 10.1. The minimum absolute atomic E-state index is 0.246. The van der Waals surface area contributed by atoms with Crippen LogP contribution in [0.3, 0.4) is 0 Å². The molecule has 0 atom stereocenters. The molecule has 0 spiro atoms. The van der Waals surface area contributed by atoms with Crippen molar-refractivity contribution in [1.82, 2.24) is 0 Å². The summed E-state index contributed by atoms with van der Waals surface area (Å²) in [6, 6.07) is 20.8. The molecular formula is C24H32O2Sn. The third-order valence-electron chi connectivity index (χ3n) is 4.98. The van der Waals surface area contributed by atoms with Gasteiger partial charge in [0.2, 0.25) is 0 Å². The van der Waals surface area contributed by atoms with Gasteiger partial charge in [-0.2, -0.15) is 0 Å². The fourth-order valence-electron chi connectivity index (χ4n) is 3.44. The monoisotopic (exact) mass is 472 g/mol. The summed E-state index contributed by atoms with van der Waals surface area (Å²) in [5, 5.41) is 0. The van der Waals surface area contributed by atoms with Crippen molar-refractivity contribution in [3.8, 4) is 0 Å². The first-order chi connectivity index (χ1) is 13.1. The van der Waals surface area contributed by atoms with Crippen molar-refractivity contribution in [3.05, 3.63) is 72.8 Å². The normalized spacial score (nSPS) is 11.2. The molecule has 0 aliphatic rings. The van der Waals surface area contributed by atoms with Crippen LogP contribution in [0.15, 0.2) is 72.8 Å². The summed E-state index contributed by atoms with van der Waals surface area (Å²) >= 11 is -3.61. The molecule has 0 N–H and O–H groups in total. The van der Waals surface area contributed by atoms with Gasteiger partial charge in [-0.05, 0) is 0 Å². The van der Waals surface area contributed by atoms with Crippen LogP contribution in [0.2, 0.25) is 4.44 Å². The molecule has 27 heavy (non-hydrogen) atoms. The molecule has 2 aromatic carbocycles. The number of carbonyl (C=O) groups is 1. The molecule has 2 nitrogen and oxygen atoms in total. The number of hydrogen-bond donors (Lipinski definition) is 0. The van der Waals surface area contributed by atoms with Crippen molar-refractivity contribution in [3.63, 3.8) is 0 Å². The summed E-state index contributed by atoms with van der Waals surface area (Å²) in [4.78, 5) is 12.6. The van der Waals surface area contributed by atoms with E-state index in [9.17, 15) is 4.79 Å². The molecule has 0 amide bonds. The van der Waals surface area contributed by atoms with Crippen molar-refractivity contribution in [1.29, 1.82) is 0 Å². The van der Waals surface area contributed by atoms with Gasteiger partial charge in [-0.25, -0.2) is 0 Å². The minimum atomic E-state index is -3.61. The van der Waals surface area contributed by atoms with E-state index in [-0.39, 0.29) is 5.97 Å². The average molecular weight is 471 g/mol. The Kier molecular flexibility index (Phi) is 9.12. The van der Waals surface area contributed by atoms with Gasteiger partial charge in [0.25, 0.3) is 0 Å². The van der Waals surface area contributed by atoms with Crippen LogP contribution in [0.1, 0.15) is 52.4 Å². The van der Waals surface area contributed by atoms with Crippen LogP contribution < -0.4 is 7.16 Å². The maximum atomic E-state index is 12.6. The quantitative estimate of drug-likeness (QED) is 0.255. The maximum absolute atomic E-state index is 12.6. The molecule has 0 radical (unpaired) electrons. The summed E-state index contributed by atoms with van der Waals surface area (Å²) in [5.41, 5.74) is 0.478. The predicted octanol–water partition coefficient (Wildman–Crippen LogP) is 5.23. The SMILES string of the molecule is C=C(C)C(=O)[O][Sn]([CH2]CCCCCCC)([c]1ccccc1)[c]1ccccc1. The topological polar surface area (TPSA) is 26.3 Å². The van der Waals surface area contributed by atoms with E-state index >= 15 is 0 Å². The molecule has 0 heterocycles. The van der Waals surface area contributed by atoms with E-state index in [1.165, 1.54) is 39.3 Å². The second-order valence-electron chi connectivity index (χ2n) is 7.25. The van der Waals surface area contributed by atoms with Crippen molar-refractivity contribution in [2.45, 2.75) is 56.8 Å². The zero-order chi connectivity index (χ0) is 19.5.